The minimum atomic E-state index is 0.791. The van der Waals surface area contributed by atoms with Crippen LogP contribution >= 0.6 is 0 Å². The number of rotatable bonds is 6. The van der Waals surface area contributed by atoms with E-state index < -0.39 is 0 Å². The maximum atomic E-state index is 6.64. The fourth-order valence-corrected chi connectivity index (χ4v) is 7.92. The molecule has 0 saturated heterocycles. The molecule has 5 nitrogen and oxygen atoms in total. The number of hydrogen-bond donors (Lipinski definition) is 0. The highest BCUT2D eigenvalue weighted by Gasteiger charge is 2.19. The molecule has 0 saturated carbocycles. The zero-order chi connectivity index (χ0) is 37.7. The summed E-state index contributed by atoms with van der Waals surface area (Å²) < 4.78 is 6.64. The van der Waals surface area contributed by atoms with Crippen LogP contribution in [0.3, 0.4) is 0 Å². The van der Waals surface area contributed by atoms with Crippen LogP contribution < -0.4 is 0 Å². The summed E-state index contributed by atoms with van der Waals surface area (Å²) in [6, 6.07) is 63.2. The topological polar surface area (TPSA) is 64.7 Å². The Morgan fingerprint density at radius 3 is 1.72 bits per heavy atom. The van der Waals surface area contributed by atoms with Crippen molar-refractivity contribution in [2.24, 2.45) is 0 Å². The van der Waals surface area contributed by atoms with Crippen molar-refractivity contribution < 1.29 is 4.42 Å². The molecule has 0 aliphatic carbocycles. The summed E-state index contributed by atoms with van der Waals surface area (Å²) in [5.74, 6) is 0. The lowest BCUT2D eigenvalue weighted by Gasteiger charge is -2.11. The van der Waals surface area contributed by atoms with E-state index in [1.54, 1.807) is 12.4 Å². The van der Waals surface area contributed by atoms with Crippen LogP contribution in [-0.4, -0.2) is 19.9 Å². The fraction of sp³-hybridized carbons (Fsp3) is 0. The summed E-state index contributed by atoms with van der Waals surface area (Å²) in [6.45, 7) is 0. The smallest absolute Gasteiger partial charge is 0.162 e. The van der Waals surface area contributed by atoms with Gasteiger partial charge in [0.25, 0.3) is 0 Å². The normalized spacial score (nSPS) is 11.5. The van der Waals surface area contributed by atoms with Gasteiger partial charge in [-0.3, -0.25) is 9.97 Å². The number of hydrogen-bond acceptors (Lipinski definition) is 5. The number of furan rings is 1. The average molecular weight is 729 g/mol. The van der Waals surface area contributed by atoms with Crippen molar-refractivity contribution in [1.82, 2.24) is 19.9 Å². The van der Waals surface area contributed by atoms with Crippen molar-refractivity contribution in [2.45, 2.75) is 0 Å². The van der Waals surface area contributed by atoms with Gasteiger partial charge in [-0.2, -0.15) is 0 Å². The van der Waals surface area contributed by atoms with E-state index in [2.05, 4.69) is 143 Å². The van der Waals surface area contributed by atoms with E-state index in [0.29, 0.717) is 0 Å². The zero-order valence-corrected chi connectivity index (χ0v) is 30.7. The van der Waals surface area contributed by atoms with E-state index in [0.717, 1.165) is 94.7 Å². The van der Waals surface area contributed by atoms with Crippen molar-refractivity contribution in [3.05, 3.63) is 194 Å². The first-order valence-corrected chi connectivity index (χ1v) is 19.0. The van der Waals surface area contributed by atoms with Gasteiger partial charge in [0.15, 0.2) is 5.58 Å². The maximum Gasteiger partial charge on any atom is 0.162 e. The Hall–Kier alpha value is -7.76. The number of benzene rings is 6. The number of aromatic nitrogens is 4. The first-order chi connectivity index (χ1) is 28.2. The molecular weight excluding hydrogens is 697 g/mol. The summed E-state index contributed by atoms with van der Waals surface area (Å²) in [6.07, 6.45) is 3.59. The summed E-state index contributed by atoms with van der Waals surface area (Å²) >= 11 is 0. The van der Waals surface area contributed by atoms with E-state index in [4.69, 9.17) is 14.4 Å². The molecule has 0 bridgehead atoms. The van der Waals surface area contributed by atoms with Gasteiger partial charge in [-0.05, 0) is 111 Å². The molecule has 0 N–H and O–H groups in total. The third-order valence-corrected chi connectivity index (χ3v) is 10.8. The Labute approximate surface area is 328 Å². The number of para-hydroxylation sites is 1. The largest absolute Gasteiger partial charge is 0.454 e. The Morgan fingerprint density at radius 2 is 0.965 bits per heavy atom. The third-order valence-electron chi connectivity index (χ3n) is 10.8. The van der Waals surface area contributed by atoms with Crippen LogP contribution in [0.15, 0.2) is 199 Å². The molecule has 5 heteroatoms. The Kier molecular flexibility index (Phi) is 7.74. The second-order valence-electron chi connectivity index (χ2n) is 14.3. The molecule has 6 aromatic carbocycles. The van der Waals surface area contributed by atoms with E-state index in [9.17, 15) is 0 Å². The highest BCUT2D eigenvalue weighted by molar-refractivity contribution is 6.21. The van der Waals surface area contributed by atoms with Crippen molar-refractivity contribution in [3.8, 4) is 67.4 Å². The molecule has 0 aliphatic rings. The monoisotopic (exact) mass is 728 g/mol. The van der Waals surface area contributed by atoms with Gasteiger partial charge in [-0.1, -0.05) is 115 Å². The Bertz CT molecular complexity index is 3230. The van der Waals surface area contributed by atoms with Crippen molar-refractivity contribution in [2.75, 3.05) is 0 Å². The van der Waals surface area contributed by atoms with Crippen LogP contribution in [0, 0.1) is 0 Å². The van der Waals surface area contributed by atoms with Crippen LogP contribution in [0.5, 0.6) is 0 Å². The molecule has 5 heterocycles. The van der Waals surface area contributed by atoms with Gasteiger partial charge in [-0.15, -0.1) is 0 Å². The molecule has 0 unspecified atom stereocenters. The predicted molar refractivity (Wildman–Crippen MR) is 233 cm³/mol. The molecule has 11 aromatic rings. The predicted octanol–water partition coefficient (Wildman–Crippen LogP) is 13.5. The molecule has 57 heavy (non-hydrogen) atoms. The van der Waals surface area contributed by atoms with Gasteiger partial charge in [0, 0.05) is 34.1 Å². The van der Waals surface area contributed by atoms with Gasteiger partial charge in [-0.25, -0.2) is 9.97 Å². The summed E-state index contributed by atoms with van der Waals surface area (Å²) in [5, 5.41) is 5.69. The van der Waals surface area contributed by atoms with Crippen LogP contribution in [-0.2, 0) is 0 Å². The second-order valence-corrected chi connectivity index (χ2v) is 14.3. The minimum Gasteiger partial charge on any atom is -0.454 e. The maximum absolute atomic E-state index is 6.64. The summed E-state index contributed by atoms with van der Waals surface area (Å²) in [7, 11) is 0. The highest BCUT2D eigenvalue weighted by atomic mass is 16.3. The number of nitrogens with zero attached hydrogens (tertiary/aromatic N) is 4. The molecule has 0 fully saturated rings. The second kappa shape index (κ2) is 13.5. The lowest BCUT2D eigenvalue weighted by molar-refractivity contribution is 0.669. The van der Waals surface area contributed by atoms with Crippen molar-refractivity contribution in [1.29, 1.82) is 0 Å². The molecule has 0 spiro atoms. The molecule has 0 radical (unpaired) electrons. The Balaban J connectivity index is 0.987. The molecule has 11 rings (SSSR count). The zero-order valence-electron chi connectivity index (χ0n) is 30.7. The minimum absolute atomic E-state index is 0.791. The van der Waals surface area contributed by atoms with Crippen molar-refractivity contribution >= 4 is 43.6 Å². The Morgan fingerprint density at radius 1 is 0.351 bits per heavy atom. The standard InChI is InChI=1S/C52H32N4O/c1-2-11-36-29-39(23-20-33(36)10-1)40-24-25-44-43(30-40)50-42-14-3-4-17-49(42)57-52(50)51(56-44)35-21-18-34(19-22-35)37-12-9-13-38(28-37)41-31-47(45-15-5-7-26-53-45)55-48(32-41)46-16-6-8-27-54-46/h1-32H. The molecule has 0 atom stereocenters. The molecule has 266 valence electrons. The molecule has 0 amide bonds. The molecule has 0 aliphatic heterocycles. The van der Waals surface area contributed by atoms with Gasteiger partial charge in [0.05, 0.1) is 28.3 Å². The third kappa shape index (κ3) is 5.90. The highest BCUT2D eigenvalue weighted by Crippen LogP contribution is 2.41. The van der Waals surface area contributed by atoms with Gasteiger partial charge < -0.3 is 4.42 Å². The lowest BCUT2D eigenvalue weighted by atomic mass is 9.96. The SMILES string of the molecule is c1ccc(-c2cc(-c3cccc(-c4ccc(-c5nc6ccc(-c7ccc8ccccc8c7)cc6c6c5oc5ccccc56)cc4)c3)cc(-c3ccccn3)n2)nc1. The van der Waals surface area contributed by atoms with Gasteiger partial charge in [0.2, 0.25) is 0 Å². The van der Waals surface area contributed by atoms with E-state index >= 15 is 0 Å². The van der Waals surface area contributed by atoms with Gasteiger partial charge in [0.1, 0.15) is 11.3 Å². The van der Waals surface area contributed by atoms with E-state index in [1.165, 1.54) is 16.3 Å². The molecular formula is C52H32N4O. The summed E-state index contributed by atoms with van der Waals surface area (Å²) in [5.41, 5.74) is 14.3. The summed E-state index contributed by atoms with van der Waals surface area (Å²) in [4.78, 5) is 19.4. The number of fused-ring (bicyclic) bond motifs is 6. The fourth-order valence-electron chi connectivity index (χ4n) is 7.92. The molecule has 5 aromatic heterocycles. The van der Waals surface area contributed by atoms with Crippen LogP contribution in [0.4, 0.5) is 0 Å². The van der Waals surface area contributed by atoms with Crippen molar-refractivity contribution in [3.63, 3.8) is 0 Å². The van der Waals surface area contributed by atoms with Crippen LogP contribution in [0.2, 0.25) is 0 Å². The van der Waals surface area contributed by atoms with Crippen LogP contribution in [0.1, 0.15) is 0 Å². The van der Waals surface area contributed by atoms with Crippen LogP contribution in [0.25, 0.3) is 111 Å². The number of pyridine rings is 4. The van der Waals surface area contributed by atoms with E-state index in [-0.39, 0.29) is 0 Å². The lowest BCUT2D eigenvalue weighted by Crippen LogP contribution is -1.94. The van der Waals surface area contributed by atoms with E-state index in [1.807, 2.05) is 48.5 Å². The van der Waals surface area contributed by atoms with Gasteiger partial charge >= 0.3 is 0 Å². The quantitative estimate of drug-likeness (QED) is 0.171. The first kappa shape index (κ1) is 32.7. The average Bonchev–Trinajstić information content (AvgIpc) is 3.69. The first-order valence-electron chi connectivity index (χ1n) is 19.0.